The van der Waals surface area contributed by atoms with Crippen LogP contribution >= 0.6 is 0 Å². The monoisotopic (exact) mass is 322 g/mol. The second-order valence-electron chi connectivity index (χ2n) is 5.78. The van der Waals surface area contributed by atoms with Gasteiger partial charge in [-0.1, -0.05) is 55.4 Å². The maximum atomic E-state index is 5.38. The van der Waals surface area contributed by atoms with Gasteiger partial charge in [0, 0.05) is 17.1 Å². The summed E-state index contributed by atoms with van der Waals surface area (Å²) in [7, 11) is 0. The van der Waals surface area contributed by atoms with Gasteiger partial charge in [0.1, 0.15) is 0 Å². The Kier molecular flexibility index (Phi) is 7.25. The Morgan fingerprint density at radius 3 is 1.52 bits per heavy atom. The summed E-state index contributed by atoms with van der Waals surface area (Å²) in [5.74, 6) is 2.73. The third kappa shape index (κ3) is 3.91. The van der Waals surface area contributed by atoms with E-state index >= 15 is 0 Å². The molecule has 0 aromatic heterocycles. The van der Waals surface area contributed by atoms with Crippen LogP contribution < -0.4 is 0 Å². The predicted molar refractivity (Wildman–Crippen MR) is 89.9 cm³/mol. The summed E-state index contributed by atoms with van der Waals surface area (Å²) in [5.41, 5.74) is 12.0. The molecule has 0 bridgehead atoms. The molecule has 1 heteroatoms. The van der Waals surface area contributed by atoms with Gasteiger partial charge >= 0.3 is 0 Å². The van der Waals surface area contributed by atoms with Gasteiger partial charge in [0.05, 0.1) is 0 Å². The van der Waals surface area contributed by atoms with E-state index in [9.17, 15) is 0 Å². The van der Waals surface area contributed by atoms with Crippen LogP contribution in [0.4, 0.5) is 0 Å². The van der Waals surface area contributed by atoms with Crippen molar-refractivity contribution in [3.05, 3.63) is 56.1 Å². The Labute approximate surface area is 141 Å². The van der Waals surface area contributed by atoms with E-state index in [1.54, 1.807) is 0 Å². The van der Waals surface area contributed by atoms with Crippen LogP contribution in [0.1, 0.15) is 50.1 Å². The van der Waals surface area contributed by atoms with Crippen molar-refractivity contribution in [1.29, 1.82) is 0 Å². The fourth-order valence-electron chi connectivity index (χ4n) is 2.57. The molecule has 2 aromatic rings. The van der Waals surface area contributed by atoms with Crippen molar-refractivity contribution in [2.45, 2.75) is 55.4 Å². The molecule has 0 saturated carbocycles. The van der Waals surface area contributed by atoms with Gasteiger partial charge < -0.3 is 0 Å². The number of hydrogen-bond donors (Lipinski definition) is 0. The molecule has 0 aliphatic carbocycles. The SMILES string of the molecule is C#Cc1c(C)c(C)[c-](C)c1C.Cc1cc(C)[c-](C)c1C.[Fe]. The first kappa shape index (κ1) is 19.8. The van der Waals surface area contributed by atoms with Crippen LogP contribution in [0, 0.1) is 67.7 Å². The molecular weight excluding hydrogens is 296 g/mol. The van der Waals surface area contributed by atoms with Gasteiger partial charge in [0.25, 0.3) is 0 Å². The minimum absolute atomic E-state index is 0. The van der Waals surface area contributed by atoms with Crippen LogP contribution in [0.3, 0.4) is 0 Å². The second kappa shape index (κ2) is 7.69. The van der Waals surface area contributed by atoms with E-state index in [2.05, 4.69) is 67.4 Å². The molecule has 2 rings (SSSR count). The van der Waals surface area contributed by atoms with Crippen molar-refractivity contribution in [1.82, 2.24) is 0 Å². The van der Waals surface area contributed by atoms with Gasteiger partial charge in [-0.2, -0.15) is 50.4 Å². The zero-order chi connectivity index (χ0) is 15.6. The van der Waals surface area contributed by atoms with Crippen molar-refractivity contribution in [2.24, 2.45) is 0 Å². The van der Waals surface area contributed by atoms with E-state index < -0.39 is 0 Å². The molecule has 0 radical (unpaired) electrons. The van der Waals surface area contributed by atoms with E-state index in [1.807, 2.05) is 0 Å². The minimum Gasteiger partial charge on any atom is -0.207 e. The maximum absolute atomic E-state index is 5.38. The van der Waals surface area contributed by atoms with Crippen LogP contribution in [-0.2, 0) is 17.1 Å². The van der Waals surface area contributed by atoms with E-state index in [4.69, 9.17) is 6.42 Å². The summed E-state index contributed by atoms with van der Waals surface area (Å²) in [5, 5.41) is 0. The Morgan fingerprint density at radius 1 is 0.857 bits per heavy atom. The number of aryl methyl sites for hydroxylation is 2. The minimum atomic E-state index is 0. The Morgan fingerprint density at radius 2 is 1.38 bits per heavy atom. The Balaban J connectivity index is 0.000000370. The summed E-state index contributed by atoms with van der Waals surface area (Å²) in [6, 6.07) is 2.24. The van der Waals surface area contributed by atoms with Gasteiger partial charge in [-0.15, -0.1) is 12.0 Å². The molecule has 0 amide bonds. The Hall–Kier alpha value is -1.22. The predicted octanol–water partition coefficient (Wildman–Crippen LogP) is 5.26. The average Bonchev–Trinajstić information content (AvgIpc) is 2.74. The van der Waals surface area contributed by atoms with Crippen molar-refractivity contribution in [3.63, 3.8) is 0 Å². The quantitative estimate of drug-likeness (QED) is 0.353. The fourth-order valence-corrected chi connectivity index (χ4v) is 2.57. The average molecular weight is 322 g/mol. The van der Waals surface area contributed by atoms with Crippen molar-refractivity contribution in [3.8, 4) is 12.3 Å². The first-order chi connectivity index (χ1) is 9.22. The fraction of sp³-hybridized carbons (Fsp3) is 0.400. The standard InChI is InChI=1S/C11H13.C9H13.Fe/c1-6-11-9(4)7(2)8(3)10(11)5;1-6-5-7(2)9(4)8(6)3;/h1H,2-5H3;5H,1-4H3;/q2*-1;. The smallest absolute Gasteiger partial charge is 0 e. The first-order valence-corrected chi connectivity index (χ1v) is 7.12. The van der Waals surface area contributed by atoms with Crippen LogP contribution in [0.5, 0.6) is 0 Å². The van der Waals surface area contributed by atoms with Crippen molar-refractivity contribution < 1.29 is 17.1 Å². The van der Waals surface area contributed by atoms with E-state index in [0.29, 0.717) is 0 Å². The maximum Gasteiger partial charge on any atom is 0 e. The van der Waals surface area contributed by atoms with Gasteiger partial charge in [0.2, 0.25) is 0 Å². The molecule has 0 heterocycles. The van der Waals surface area contributed by atoms with Gasteiger partial charge in [0.15, 0.2) is 0 Å². The van der Waals surface area contributed by atoms with Gasteiger partial charge in [-0.25, -0.2) is 6.07 Å². The third-order valence-corrected chi connectivity index (χ3v) is 4.76. The molecule has 0 unspecified atom stereocenters. The molecular formula is C20H26Fe-2. The molecule has 0 aliphatic heterocycles. The normalized spacial score (nSPS) is 9.48. The molecule has 0 spiro atoms. The summed E-state index contributed by atoms with van der Waals surface area (Å²) in [6.07, 6.45) is 5.38. The molecule has 0 fully saturated rings. The van der Waals surface area contributed by atoms with E-state index in [1.165, 1.54) is 44.5 Å². The zero-order valence-electron chi connectivity index (χ0n) is 14.5. The van der Waals surface area contributed by atoms with E-state index in [0.717, 1.165) is 5.56 Å². The molecule has 0 aliphatic rings. The van der Waals surface area contributed by atoms with Crippen molar-refractivity contribution in [2.75, 3.05) is 0 Å². The Bertz CT molecular complexity index is 609. The summed E-state index contributed by atoms with van der Waals surface area (Å²) >= 11 is 0. The summed E-state index contributed by atoms with van der Waals surface area (Å²) < 4.78 is 0. The molecule has 0 saturated heterocycles. The third-order valence-electron chi connectivity index (χ3n) is 4.76. The molecule has 2 aromatic carbocycles. The zero-order valence-corrected chi connectivity index (χ0v) is 15.6. The largest absolute Gasteiger partial charge is 0.207 e. The summed E-state index contributed by atoms with van der Waals surface area (Å²) in [4.78, 5) is 0. The summed E-state index contributed by atoms with van der Waals surface area (Å²) in [6.45, 7) is 17.1. The van der Waals surface area contributed by atoms with Gasteiger partial charge in [-0.3, -0.25) is 0 Å². The molecule has 0 atom stereocenters. The number of hydrogen-bond acceptors (Lipinski definition) is 0. The number of rotatable bonds is 0. The van der Waals surface area contributed by atoms with Crippen LogP contribution in [0.15, 0.2) is 6.07 Å². The van der Waals surface area contributed by atoms with Crippen LogP contribution in [-0.4, -0.2) is 0 Å². The van der Waals surface area contributed by atoms with Crippen LogP contribution in [0.25, 0.3) is 0 Å². The molecule has 0 nitrogen and oxygen atoms in total. The van der Waals surface area contributed by atoms with Gasteiger partial charge in [-0.05, 0) is 0 Å². The molecule has 0 N–H and O–H groups in total. The second-order valence-corrected chi connectivity index (χ2v) is 5.78. The topological polar surface area (TPSA) is 0 Å². The molecule has 116 valence electrons. The van der Waals surface area contributed by atoms with Crippen molar-refractivity contribution >= 4 is 0 Å². The molecule has 21 heavy (non-hydrogen) atoms. The first-order valence-electron chi connectivity index (χ1n) is 7.12. The van der Waals surface area contributed by atoms with E-state index in [-0.39, 0.29) is 17.1 Å². The number of terminal acetylenes is 1. The van der Waals surface area contributed by atoms with Crippen LogP contribution in [0.2, 0.25) is 0 Å².